The Morgan fingerprint density at radius 2 is 2.05 bits per heavy atom. The second-order valence-corrected chi connectivity index (χ2v) is 4.61. The maximum atomic E-state index is 11.9. The third-order valence-corrected chi connectivity index (χ3v) is 3.17. The molecule has 0 aliphatic carbocycles. The third kappa shape index (κ3) is 2.85. The lowest BCUT2D eigenvalue weighted by atomic mass is 10.2. The van der Waals surface area contributed by atoms with Gasteiger partial charge >= 0.3 is 6.09 Å². The maximum absolute atomic E-state index is 11.9. The Balaban J connectivity index is 1.72. The van der Waals surface area contributed by atoms with Gasteiger partial charge in [0.25, 0.3) is 0 Å². The molecule has 0 aliphatic heterocycles. The van der Waals surface area contributed by atoms with Crippen LogP contribution >= 0.6 is 0 Å². The number of carbonyl (C=O) groups is 1. The number of rotatable bonds is 4. The molecule has 112 valence electrons. The predicted octanol–water partition coefficient (Wildman–Crippen LogP) is 3.09. The van der Waals surface area contributed by atoms with Crippen molar-refractivity contribution in [3.05, 3.63) is 60.4 Å². The van der Waals surface area contributed by atoms with E-state index in [9.17, 15) is 4.79 Å². The van der Waals surface area contributed by atoms with Crippen LogP contribution in [-0.2, 0) is 11.3 Å². The van der Waals surface area contributed by atoms with Gasteiger partial charge in [0.1, 0.15) is 17.9 Å². The largest absolute Gasteiger partial charge is 0.494 e. The first-order chi connectivity index (χ1) is 10.8. The normalized spacial score (nSPS) is 10.4. The van der Waals surface area contributed by atoms with E-state index in [1.54, 1.807) is 30.1 Å². The molecular formula is C16H15N3O3. The van der Waals surface area contributed by atoms with Crippen molar-refractivity contribution in [2.24, 2.45) is 0 Å². The number of hydrogen-bond donors (Lipinski definition) is 1. The number of ether oxygens (including phenoxy) is 2. The Kier molecular flexibility index (Phi) is 3.91. The molecule has 3 aromatic rings. The lowest BCUT2D eigenvalue weighted by Gasteiger charge is -2.07. The number of anilines is 1. The summed E-state index contributed by atoms with van der Waals surface area (Å²) in [5, 5.41) is 6.85. The molecule has 3 rings (SSSR count). The summed E-state index contributed by atoms with van der Waals surface area (Å²) < 4.78 is 12.1. The van der Waals surface area contributed by atoms with Gasteiger partial charge in [-0.2, -0.15) is 5.10 Å². The number of carbonyl (C=O) groups excluding carboxylic acids is 1. The second kappa shape index (κ2) is 6.17. The van der Waals surface area contributed by atoms with Crippen molar-refractivity contribution in [1.29, 1.82) is 0 Å². The molecule has 0 unspecified atom stereocenters. The molecule has 0 saturated carbocycles. The summed E-state index contributed by atoms with van der Waals surface area (Å²) in [5.41, 5.74) is 2.15. The third-order valence-electron chi connectivity index (χ3n) is 3.17. The van der Waals surface area contributed by atoms with Crippen LogP contribution in [-0.4, -0.2) is 22.8 Å². The van der Waals surface area contributed by atoms with Crippen LogP contribution in [0.5, 0.6) is 5.75 Å². The molecule has 2 heterocycles. The van der Waals surface area contributed by atoms with Gasteiger partial charge in [-0.05, 0) is 17.7 Å². The van der Waals surface area contributed by atoms with Gasteiger partial charge in [-0.1, -0.05) is 30.3 Å². The van der Waals surface area contributed by atoms with Crippen molar-refractivity contribution >= 4 is 17.3 Å². The van der Waals surface area contributed by atoms with E-state index in [1.165, 1.54) is 0 Å². The molecule has 0 fully saturated rings. The van der Waals surface area contributed by atoms with Crippen LogP contribution in [0.4, 0.5) is 10.5 Å². The Morgan fingerprint density at radius 1 is 1.23 bits per heavy atom. The predicted molar refractivity (Wildman–Crippen MR) is 82.0 cm³/mol. The Hall–Kier alpha value is -3.02. The number of fused-ring (bicyclic) bond motifs is 1. The van der Waals surface area contributed by atoms with E-state index in [4.69, 9.17) is 9.47 Å². The average molecular weight is 297 g/mol. The number of nitrogens with one attached hydrogen (secondary N) is 1. The van der Waals surface area contributed by atoms with Crippen molar-refractivity contribution in [2.75, 3.05) is 12.4 Å². The van der Waals surface area contributed by atoms with Crippen LogP contribution in [0.1, 0.15) is 5.56 Å². The molecular weight excluding hydrogens is 282 g/mol. The molecule has 0 atom stereocenters. The fourth-order valence-electron chi connectivity index (χ4n) is 2.14. The summed E-state index contributed by atoms with van der Waals surface area (Å²) in [5.74, 6) is 0.623. The van der Waals surface area contributed by atoms with Crippen molar-refractivity contribution in [1.82, 2.24) is 9.61 Å². The first-order valence-electron chi connectivity index (χ1n) is 6.76. The first kappa shape index (κ1) is 13.9. The highest BCUT2D eigenvalue weighted by molar-refractivity contribution is 5.92. The van der Waals surface area contributed by atoms with Crippen LogP contribution < -0.4 is 10.1 Å². The van der Waals surface area contributed by atoms with Crippen molar-refractivity contribution in [3.8, 4) is 5.75 Å². The standard InChI is InChI=1S/C16H15N3O3/c1-21-14-8-5-9-19-15(14)13(10-17-19)18-16(20)22-11-12-6-3-2-4-7-12/h2-10H,11H2,1H3,(H,18,20). The molecule has 0 aliphatic rings. The fraction of sp³-hybridized carbons (Fsp3) is 0.125. The SMILES string of the molecule is COc1cccn2ncc(NC(=O)OCc3ccccc3)c12. The minimum Gasteiger partial charge on any atom is -0.494 e. The number of pyridine rings is 1. The van der Waals surface area contributed by atoms with Gasteiger partial charge < -0.3 is 9.47 Å². The van der Waals surface area contributed by atoms with Gasteiger partial charge in [-0.15, -0.1) is 0 Å². The Bertz CT molecular complexity index is 784. The van der Waals surface area contributed by atoms with Crippen molar-refractivity contribution in [2.45, 2.75) is 6.61 Å². The number of nitrogens with zero attached hydrogens (tertiary/aromatic N) is 2. The molecule has 2 aromatic heterocycles. The quantitative estimate of drug-likeness (QED) is 0.803. The number of hydrogen-bond acceptors (Lipinski definition) is 4. The maximum Gasteiger partial charge on any atom is 0.412 e. The molecule has 22 heavy (non-hydrogen) atoms. The van der Waals surface area contributed by atoms with Gasteiger partial charge in [0.15, 0.2) is 0 Å². The van der Waals surface area contributed by atoms with Crippen LogP contribution in [0.25, 0.3) is 5.52 Å². The second-order valence-electron chi connectivity index (χ2n) is 4.61. The van der Waals surface area contributed by atoms with E-state index >= 15 is 0 Å². The van der Waals surface area contributed by atoms with E-state index < -0.39 is 6.09 Å². The molecule has 1 aromatic carbocycles. The molecule has 0 saturated heterocycles. The monoisotopic (exact) mass is 297 g/mol. The molecule has 0 radical (unpaired) electrons. The summed E-state index contributed by atoms with van der Waals surface area (Å²) in [6, 6.07) is 13.1. The number of aromatic nitrogens is 2. The summed E-state index contributed by atoms with van der Waals surface area (Å²) in [4.78, 5) is 11.9. The van der Waals surface area contributed by atoms with Gasteiger partial charge in [0.2, 0.25) is 0 Å². The Morgan fingerprint density at radius 3 is 2.82 bits per heavy atom. The lowest BCUT2D eigenvalue weighted by molar-refractivity contribution is 0.155. The van der Waals surface area contributed by atoms with E-state index in [0.717, 1.165) is 5.56 Å². The van der Waals surface area contributed by atoms with Crippen LogP contribution in [0.2, 0.25) is 0 Å². The highest BCUT2D eigenvalue weighted by Crippen LogP contribution is 2.26. The van der Waals surface area contributed by atoms with Crippen molar-refractivity contribution < 1.29 is 14.3 Å². The van der Waals surface area contributed by atoms with Crippen LogP contribution in [0.15, 0.2) is 54.9 Å². The lowest BCUT2D eigenvalue weighted by Crippen LogP contribution is -2.13. The van der Waals surface area contributed by atoms with Gasteiger partial charge in [-0.25, -0.2) is 9.31 Å². The zero-order valence-electron chi connectivity index (χ0n) is 12.0. The van der Waals surface area contributed by atoms with Gasteiger partial charge in [-0.3, -0.25) is 5.32 Å². The minimum atomic E-state index is -0.537. The molecule has 1 amide bonds. The molecule has 6 heteroatoms. The fourth-order valence-corrected chi connectivity index (χ4v) is 2.14. The molecule has 1 N–H and O–H groups in total. The van der Waals surface area contributed by atoms with E-state index in [2.05, 4.69) is 10.4 Å². The smallest absolute Gasteiger partial charge is 0.412 e. The van der Waals surface area contributed by atoms with Crippen LogP contribution in [0.3, 0.4) is 0 Å². The minimum absolute atomic E-state index is 0.211. The summed E-state index contributed by atoms with van der Waals surface area (Å²) >= 11 is 0. The molecule has 0 bridgehead atoms. The van der Waals surface area contributed by atoms with Gasteiger partial charge in [0.05, 0.1) is 19.0 Å². The summed E-state index contributed by atoms with van der Waals surface area (Å²) in [6.45, 7) is 0.211. The van der Waals surface area contributed by atoms with Crippen LogP contribution in [0, 0.1) is 0 Å². The van der Waals surface area contributed by atoms with E-state index in [1.807, 2.05) is 36.4 Å². The Labute approximate surface area is 127 Å². The zero-order chi connectivity index (χ0) is 15.4. The zero-order valence-corrected chi connectivity index (χ0v) is 12.0. The topological polar surface area (TPSA) is 64.9 Å². The highest BCUT2D eigenvalue weighted by atomic mass is 16.5. The highest BCUT2D eigenvalue weighted by Gasteiger charge is 2.12. The summed E-state index contributed by atoms with van der Waals surface area (Å²) in [6.07, 6.45) is 2.80. The number of amides is 1. The van der Waals surface area contributed by atoms with Gasteiger partial charge in [0, 0.05) is 6.20 Å². The van der Waals surface area contributed by atoms with Crippen molar-refractivity contribution in [3.63, 3.8) is 0 Å². The number of benzene rings is 1. The molecule has 0 spiro atoms. The molecule has 6 nitrogen and oxygen atoms in total. The van der Waals surface area contributed by atoms with E-state index in [0.29, 0.717) is 17.0 Å². The first-order valence-corrected chi connectivity index (χ1v) is 6.76. The summed E-state index contributed by atoms with van der Waals surface area (Å²) in [7, 11) is 1.57. The van der Waals surface area contributed by atoms with E-state index in [-0.39, 0.29) is 6.61 Å². The average Bonchev–Trinajstić information content (AvgIpc) is 2.97. The number of methoxy groups -OCH3 is 1.